The number of primary amides is 1. The minimum Gasteiger partial charge on any atom is -0.464 e. The Kier molecular flexibility index (Phi) is 24.4. The Morgan fingerprint density at radius 1 is 0.957 bits per heavy atom. The lowest BCUT2D eigenvalue weighted by molar-refractivity contribution is -0.142. The van der Waals surface area contributed by atoms with Crippen LogP contribution in [0.15, 0.2) is 0 Å². The second-order valence-electron chi connectivity index (χ2n) is 14.0. The van der Waals surface area contributed by atoms with Crippen molar-refractivity contribution in [3.63, 3.8) is 0 Å². The Labute approximate surface area is 284 Å². The number of Topliss-reactive ketones (excluding diaryl/α,β-unsaturated/α-hetero) is 1. The van der Waals surface area contributed by atoms with Crippen molar-refractivity contribution in [1.29, 1.82) is 0 Å². The number of urea groups is 1. The first-order valence-electron chi connectivity index (χ1n) is 17.5. The maximum atomic E-state index is 12.9. The number of nitrogens with one attached hydrogen (secondary N) is 3. The zero-order chi connectivity index (χ0) is 36.7. The van der Waals surface area contributed by atoms with Crippen molar-refractivity contribution in [3.8, 4) is 0 Å². The summed E-state index contributed by atoms with van der Waals surface area (Å²) in [6.45, 7) is 23.5. The first kappa shape index (κ1) is 45.9. The molecule has 2 saturated carbocycles. The molecule has 12 nitrogen and oxygen atoms in total. The van der Waals surface area contributed by atoms with Crippen molar-refractivity contribution in [2.45, 2.75) is 146 Å². The molecule has 0 aromatic carbocycles. The van der Waals surface area contributed by atoms with Crippen molar-refractivity contribution < 1.29 is 33.5 Å². The number of hydrogen-bond donors (Lipinski definition) is 4. The lowest BCUT2D eigenvalue weighted by Gasteiger charge is -2.35. The zero-order valence-corrected chi connectivity index (χ0v) is 31.2. The molecule has 3 atom stereocenters. The van der Waals surface area contributed by atoms with Crippen LogP contribution in [0.2, 0.25) is 0 Å². The van der Waals surface area contributed by atoms with E-state index in [1.54, 1.807) is 0 Å². The Morgan fingerprint density at radius 3 is 1.85 bits per heavy atom. The standard InChI is InChI=1S/C18H31N3O4.C8H12N2O3.C4H10.C3H8.C2H6/c1-12-6-5-9-21(12)16(23)15(18(2,3)4)20-17(24)19-10-14(22)25-11-13-7-8-13;9-8(13)7(12)6(10-4-11)3-5-1-2-5;1-4(2)3;1-3-2;1-2/h12-13,15H,5-11H2,1-4H3,(H2,19,20,24);4-6H,1-3H2,(H2,9,13)(H,10,11);4H,1-3H3;3H2,1-2H3;1-2H3. The van der Waals surface area contributed by atoms with Crippen molar-refractivity contribution in [3.05, 3.63) is 0 Å². The van der Waals surface area contributed by atoms with Gasteiger partial charge in [0.2, 0.25) is 18.1 Å². The molecule has 2 aliphatic carbocycles. The van der Waals surface area contributed by atoms with E-state index in [2.05, 4.69) is 50.6 Å². The number of esters is 1. The van der Waals surface area contributed by atoms with E-state index in [0.717, 1.165) is 51.0 Å². The molecule has 1 aliphatic heterocycles. The summed E-state index contributed by atoms with van der Waals surface area (Å²) in [6, 6.07) is -1.69. The molecule has 1 heterocycles. The summed E-state index contributed by atoms with van der Waals surface area (Å²) in [4.78, 5) is 70.2. The Bertz CT molecular complexity index is 940. The second-order valence-corrected chi connectivity index (χ2v) is 14.0. The third kappa shape index (κ3) is 22.9. The fourth-order valence-electron chi connectivity index (χ4n) is 4.15. The fourth-order valence-corrected chi connectivity index (χ4v) is 4.15. The van der Waals surface area contributed by atoms with Gasteiger partial charge in [0.25, 0.3) is 5.91 Å². The molecule has 3 rings (SSSR count). The molecular formula is C35H67N5O7. The number of rotatable bonds is 12. The topological polar surface area (TPSA) is 177 Å². The summed E-state index contributed by atoms with van der Waals surface area (Å²) in [5.74, 6) is -0.430. The molecule has 3 aliphatic rings. The first-order chi connectivity index (χ1) is 22.0. The van der Waals surface area contributed by atoms with Crippen molar-refractivity contribution in [1.82, 2.24) is 20.9 Å². The van der Waals surface area contributed by atoms with Gasteiger partial charge in [-0.1, -0.05) is 88.5 Å². The van der Waals surface area contributed by atoms with E-state index in [0.29, 0.717) is 31.3 Å². The lowest BCUT2D eigenvalue weighted by atomic mass is 9.85. The number of ether oxygens (including phenoxy) is 1. The Balaban J connectivity index is 0. The fraction of sp³-hybridized carbons (Fsp3) is 0.829. The van der Waals surface area contributed by atoms with Crippen molar-refractivity contribution in [2.75, 3.05) is 19.7 Å². The van der Waals surface area contributed by atoms with Gasteiger partial charge < -0.3 is 31.3 Å². The monoisotopic (exact) mass is 670 g/mol. The molecule has 0 spiro atoms. The second kappa shape index (κ2) is 24.9. The highest BCUT2D eigenvalue weighted by molar-refractivity contribution is 6.37. The quantitative estimate of drug-likeness (QED) is 0.132. The molecule has 5 N–H and O–H groups in total. The number of ketones is 1. The number of nitrogens with zero attached hydrogens (tertiary/aromatic N) is 1. The maximum Gasteiger partial charge on any atom is 0.325 e. The van der Waals surface area contributed by atoms with Crippen LogP contribution in [0.1, 0.15) is 128 Å². The molecule has 0 aromatic heterocycles. The molecule has 5 amide bonds. The van der Waals surface area contributed by atoms with Gasteiger partial charge in [-0.15, -0.1) is 0 Å². The maximum absolute atomic E-state index is 12.9. The van der Waals surface area contributed by atoms with Crippen LogP contribution in [0, 0.1) is 23.2 Å². The van der Waals surface area contributed by atoms with E-state index in [4.69, 9.17) is 10.5 Å². The van der Waals surface area contributed by atoms with E-state index in [1.807, 2.05) is 46.4 Å². The molecule has 274 valence electrons. The molecule has 3 unspecified atom stereocenters. The first-order valence-corrected chi connectivity index (χ1v) is 17.5. The number of hydrogen-bond acceptors (Lipinski definition) is 7. The van der Waals surface area contributed by atoms with Gasteiger partial charge in [-0.3, -0.25) is 24.0 Å². The number of carbonyl (C=O) groups is 6. The predicted octanol–water partition coefficient (Wildman–Crippen LogP) is 4.72. The van der Waals surface area contributed by atoms with E-state index < -0.39 is 41.2 Å². The van der Waals surface area contributed by atoms with E-state index in [9.17, 15) is 28.8 Å². The third-order valence-corrected chi connectivity index (χ3v) is 6.89. The lowest BCUT2D eigenvalue weighted by Crippen LogP contribution is -2.57. The van der Waals surface area contributed by atoms with E-state index >= 15 is 0 Å². The third-order valence-electron chi connectivity index (χ3n) is 6.89. The molecule has 0 radical (unpaired) electrons. The van der Waals surface area contributed by atoms with Gasteiger partial charge in [-0.05, 0) is 62.2 Å². The van der Waals surface area contributed by atoms with E-state index in [1.165, 1.54) is 6.42 Å². The van der Waals surface area contributed by atoms with Crippen LogP contribution in [0.25, 0.3) is 0 Å². The number of carbonyl (C=O) groups excluding carboxylic acids is 6. The van der Waals surface area contributed by atoms with Crippen LogP contribution in [0.5, 0.6) is 0 Å². The SMILES string of the molecule is CC.CC(C)C.CC1CCCN1C(=O)C(NC(=O)NCC(=O)OCC1CC1)C(C)(C)C.CCC.NC(=O)C(=O)C(CC1CC1)NC=O. The summed E-state index contributed by atoms with van der Waals surface area (Å²) < 4.78 is 5.07. The van der Waals surface area contributed by atoms with Crippen LogP contribution in [0.4, 0.5) is 4.79 Å². The average Bonchev–Trinajstić information content (AvgIpc) is 3.93. The molecule has 3 fully saturated rings. The highest BCUT2D eigenvalue weighted by Gasteiger charge is 2.38. The summed E-state index contributed by atoms with van der Waals surface area (Å²) in [5, 5.41) is 7.53. The normalized spacial score (nSPS) is 17.6. The molecule has 0 aromatic rings. The van der Waals surface area contributed by atoms with Crippen LogP contribution in [-0.2, 0) is 28.7 Å². The van der Waals surface area contributed by atoms with E-state index in [-0.39, 0.29) is 18.5 Å². The van der Waals surface area contributed by atoms with Crippen LogP contribution in [-0.4, -0.2) is 78.7 Å². The van der Waals surface area contributed by atoms with Crippen LogP contribution >= 0.6 is 0 Å². The van der Waals surface area contributed by atoms with Gasteiger partial charge >= 0.3 is 12.0 Å². The molecule has 0 bridgehead atoms. The smallest absolute Gasteiger partial charge is 0.325 e. The highest BCUT2D eigenvalue weighted by atomic mass is 16.5. The predicted molar refractivity (Wildman–Crippen MR) is 186 cm³/mol. The summed E-state index contributed by atoms with van der Waals surface area (Å²) in [5.41, 5.74) is 4.39. The van der Waals surface area contributed by atoms with Crippen LogP contribution < -0.4 is 21.7 Å². The zero-order valence-electron chi connectivity index (χ0n) is 31.2. The largest absolute Gasteiger partial charge is 0.464 e. The van der Waals surface area contributed by atoms with Crippen LogP contribution in [0.3, 0.4) is 0 Å². The number of likely N-dealkylation sites (tertiary alicyclic amines) is 1. The highest BCUT2D eigenvalue weighted by Crippen LogP contribution is 2.33. The summed E-state index contributed by atoms with van der Waals surface area (Å²) in [6.07, 6.45) is 8.50. The van der Waals surface area contributed by atoms with Gasteiger partial charge in [0.1, 0.15) is 12.6 Å². The Hall–Kier alpha value is -3.18. The van der Waals surface area contributed by atoms with Gasteiger partial charge in [0, 0.05) is 12.6 Å². The number of amides is 5. The molecular weight excluding hydrogens is 602 g/mol. The minimum absolute atomic E-state index is 0.0658. The van der Waals surface area contributed by atoms with Crippen molar-refractivity contribution >= 4 is 36.0 Å². The molecule has 12 heteroatoms. The molecule has 1 saturated heterocycles. The van der Waals surface area contributed by atoms with Gasteiger partial charge in [-0.2, -0.15) is 0 Å². The van der Waals surface area contributed by atoms with Gasteiger partial charge in [0.15, 0.2) is 0 Å². The summed E-state index contributed by atoms with van der Waals surface area (Å²) in [7, 11) is 0. The van der Waals surface area contributed by atoms with Gasteiger partial charge in [-0.25, -0.2) is 4.79 Å². The van der Waals surface area contributed by atoms with Gasteiger partial charge in [0.05, 0.1) is 12.6 Å². The average molecular weight is 670 g/mol. The molecule has 47 heavy (non-hydrogen) atoms. The van der Waals surface area contributed by atoms with Crippen molar-refractivity contribution in [2.24, 2.45) is 28.9 Å². The summed E-state index contributed by atoms with van der Waals surface area (Å²) >= 11 is 0. The Morgan fingerprint density at radius 2 is 1.47 bits per heavy atom. The number of nitrogens with two attached hydrogens (primary N) is 1. The minimum atomic E-state index is -0.986.